The number of carbonyl (C=O) groups excluding carboxylic acids is 1. The van der Waals surface area contributed by atoms with Gasteiger partial charge in [-0.15, -0.1) is 0 Å². The Labute approximate surface area is 271 Å². The minimum absolute atomic E-state index is 0.392. The van der Waals surface area contributed by atoms with Gasteiger partial charge in [0.1, 0.15) is 16.7 Å². The van der Waals surface area contributed by atoms with E-state index in [2.05, 4.69) is 70.5 Å². The first-order chi connectivity index (χ1) is 22.0. The van der Waals surface area contributed by atoms with Gasteiger partial charge in [0.15, 0.2) is 0 Å². The minimum atomic E-state index is -0.557. The monoisotopic (exact) mass is 626 g/mol. The van der Waals surface area contributed by atoms with Gasteiger partial charge in [0, 0.05) is 50.4 Å². The number of alkyl carbamates (subject to hydrolysis) is 1. The summed E-state index contributed by atoms with van der Waals surface area (Å²) in [4.78, 5) is 29.5. The summed E-state index contributed by atoms with van der Waals surface area (Å²) in [5, 5.41) is 3.91. The first-order valence-corrected chi connectivity index (χ1v) is 16.2. The van der Waals surface area contributed by atoms with Crippen LogP contribution >= 0.6 is 0 Å². The summed E-state index contributed by atoms with van der Waals surface area (Å²) >= 11 is 0. The zero-order chi connectivity index (χ0) is 32.5. The first-order valence-electron chi connectivity index (χ1n) is 16.2. The fourth-order valence-corrected chi connectivity index (χ4v) is 6.30. The molecule has 0 spiro atoms. The maximum absolute atomic E-state index is 12.7. The Bertz CT molecular complexity index is 1650. The topological polar surface area (TPSA) is 96.2 Å². The largest absolute Gasteiger partial charge is 0.480 e. The normalized spacial score (nSPS) is 16.8. The highest BCUT2D eigenvalue weighted by molar-refractivity contribution is 6.03. The molecule has 6 rings (SSSR count). The van der Waals surface area contributed by atoms with Gasteiger partial charge >= 0.3 is 6.09 Å². The number of nitrogens with one attached hydrogen (secondary N) is 1. The SMILES string of the molecule is COc1nc(N2CCN(CCN(C)C)CC2)nc2oc(-c3ccc(C4(NC(=O)OC(C)(C)C)CCC4)cc3)c(-c3ccccc3)c12. The van der Waals surface area contributed by atoms with E-state index >= 15 is 0 Å². The quantitative estimate of drug-likeness (QED) is 0.235. The van der Waals surface area contributed by atoms with Crippen LogP contribution in [0.15, 0.2) is 59.0 Å². The maximum Gasteiger partial charge on any atom is 0.408 e. The lowest BCUT2D eigenvalue weighted by Gasteiger charge is -2.43. The van der Waals surface area contributed by atoms with Crippen molar-refractivity contribution in [3.8, 4) is 28.3 Å². The zero-order valence-electron chi connectivity index (χ0n) is 27.9. The number of rotatable bonds is 9. The molecule has 1 aliphatic carbocycles. The van der Waals surface area contributed by atoms with Gasteiger partial charge in [-0.25, -0.2) is 4.79 Å². The van der Waals surface area contributed by atoms with Crippen molar-refractivity contribution in [3.05, 3.63) is 60.2 Å². The van der Waals surface area contributed by atoms with Crippen LogP contribution in [0, 0.1) is 0 Å². The average molecular weight is 627 g/mol. The summed E-state index contributed by atoms with van der Waals surface area (Å²) in [6, 6.07) is 18.4. The average Bonchev–Trinajstić information content (AvgIpc) is 3.41. The molecule has 0 unspecified atom stereocenters. The number of carbonyl (C=O) groups is 1. The van der Waals surface area contributed by atoms with Gasteiger partial charge in [-0.3, -0.25) is 4.90 Å². The molecule has 1 amide bonds. The molecule has 1 aliphatic heterocycles. The van der Waals surface area contributed by atoms with Gasteiger partial charge in [0.25, 0.3) is 0 Å². The third-order valence-corrected chi connectivity index (χ3v) is 8.93. The second-order valence-corrected chi connectivity index (χ2v) is 13.7. The number of aromatic nitrogens is 2. The lowest BCUT2D eigenvalue weighted by molar-refractivity contribution is 0.0377. The molecule has 46 heavy (non-hydrogen) atoms. The molecular weight excluding hydrogens is 580 g/mol. The number of anilines is 1. The molecule has 244 valence electrons. The number of nitrogens with zero attached hydrogens (tertiary/aromatic N) is 5. The number of hydrogen-bond acceptors (Lipinski definition) is 9. The van der Waals surface area contributed by atoms with E-state index in [1.165, 1.54) is 0 Å². The highest BCUT2D eigenvalue weighted by Gasteiger charge is 2.41. The molecule has 1 saturated carbocycles. The molecule has 2 aliphatic rings. The fourth-order valence-electron chi connectivity index (χ4n) is 6.30. The number of hydrogen-bond donors (Lipinski definition) is 1. The first kappa shape index (κ1) is 31.8. The van der Waals surface area contributed by atoms with Gasteiger partial charge in [-0.1, -0.05) is 54.6 Å². The maximum atomic E-state index is 12.7. The zero-order valence-corrected chi connectivity index (χ0v) is 27.9. The number of amides is 1. The number of likely N-dealkylation sites (N-methyl/N-ethyl adjacent to an activating group) is 1. The van der Waals surface area contributed by atoms with E-state index < -0.39 is 17.2 Å². The van der Waals surface area contributed by atoms with Crippen LogP contribution in [0.1, 0.15) is 45.6 Å². The third kappa shape index (κ3) is 6.69. The highest BCUT2D eigenvalue weighted by atomic mass is 16.6. The second kappa shape index (κ2) is 12.9. The van der Waals surface area contributed by atoms with Crippen molar-refractivity contribution >= 4 is 23.1 Å². The molecule has 0 radical (unpaired) electrons. The molecule has 10 heteroatoms. The summed E-state index contributed by atoms with van der Waals surface area (Å²) in [7, 11) is 5.86. The number of benzene rings is 2. The van der Waals surface area contributed by atoms with Crippen molar-refractivity contribution in [2.75, 3.05) is 65.4 Å². The third-order valence-electron chi connectivity index (χ3n) is 8.93. The van der Waals surface area contributed by atoms with E-state index in [4.69, 9.17) is 23.9 Å². The summed E-state index contributed by atoms with van der Waals surface area (Å²) in [5.41, 5.74) is 3.35. The molecule has 2 aromatic carbocycles. The van der Waals surface area contributed by atoms with Gasteiger partial charge in [-0.2, -0.15) is 9.97 Å². The van der Waals surface area contributed by atoms with E-state index in [9.17, 15) is 4.79 Å². The fraction of sp³-hybridized carbons (Fsp3) is 0.472. The van der Waals surface area contributed by atoms with Crippen molar-refractivity contribution < 1.29 is 18.7 Å². The van der Waals surface area contributed by atoms with E-state index in [1.807, 2.05) is 39.0 Å². The standard InChI is InChI=1S/C36H46N6O4/c1-35(2,3)46-34(43)39-36(17-10-18-36)27-15-13-26(14-16-27)30-28(25-11-8-7-9-12-25)29-31(44-6)37-33(38-32(29)45-30)42-23-21-41(22-24-42)20-19-40(4)5/h7-9,11-16H,10,17-24H2,1-6H3,(H,39,43). The number of ether oxygens (including phenoxy) is 2. The lowest BCUT2D eigenvalue weighted by Crippen LogP contribution is -2.52. The van der Waals surface area contributed by atoms with E-state index in [0.717, 1.165) is 86.2 Å². The number of fused-ring (bicyclic) bond motifs is 1. The Hall–Kier alpha value is -4.15. The van der Waals surface area contributed by atoms with Crippen molar-refractivity contribution in [2.24, 2.45) is 0 Å². The molecular formula is C36H46N6O4. The van der Waals surface area contributed by atoms with Crippen LogP contribution in [0.4, 0.5) is 10.7 Å². The van der Waals surface area contributed by atoms with Crippen LogP contribution in [0.25, 0.3) is 33.6 Å². The minimum Gasteiger partial charge on any atom is -0.480 e. The molecule has 0 atom stereocenters. The molecule has 3 heterocycles. The highest BCUT2D eigenvalue weighted by Crippen LogP contribution is 2.46. The summed E-state index contributed by atoms with van der Waals surface area (Å²) in [6.45, 7) is 11.3. The lowest BCUT2D eigenvalue weighted by atomic mass is 9.71. The van der Waals surface area contributed by atoms with Crippen LogP contribution in [0.5, 0.6) is 5.88 Å². The van der Waals surface area contributed by atoms with Crippen LogP contribution in [-0.4, -0.2) is 91.9 Å². The molecule has 10 nitrogen and oxygen atoms in total. The van der Waals surface area contributed by atoms with Crippen LogP contribution in [0.2, 0.25) is 0 Å². The number of piperazine rings is 1. The second-order valence-electron chi connectivity index (χ2n) is 13.7. The van der Waals surface area contributed by atoms with Gasteiger partial charge < -0.3 is 29.0 Å². The Kier molecular flexibility index (Phi) is 8.94. The van der Waals surface area contributed by atoms with E-state index in [-0.39, 0.29) is 0 Å². The molecule has 2 fully saturated rings. The van der Waals surface area contributed by atoms with Crippen molar-refractivity contribution in [3.63, 3.8) is 0 Å². The number of methoxy groups -OCH3 is 1. The van der Waals surface area contributed by atoms with E-state index in [0.29, 0.717) is 23.3 Å². The molecule has 1 N–H and O–H groups in total. The summed E-state index contributed by atoms with van der Waals surface area (Å²) in [5.74, 6) is 1.82. The Morgan fingerprint density at radius 1 is 0.978 bits per heavy atom. The van der Waals surface area contributed by atoms with Crippen molar-refractivity contribution in [1.82, 2.24) is 25.1 Å². The summed E-state index contributed by atoms with van der Waals surface area (Å²) < 4.78 is 18.1. The van der Waals surface area contributed by atoms with E-state index in [1.54, 1.807) is 7.11 Å². The Morgan fingerprint density at radius 3 is 2.26 bits per heavy atom. The van der Waals surface area contributed by atoms with Crippen LogP contribution in [0.3, 0.4) is 0 Å². The molecule has 4 aromatic rings. The van der Waals surface area contributed by atoms with Crippen molar-refractivity contribution in [1.29, 1.82) is 0 Å². The predicted octanol–water partition coefficient (Wildman–Crippen LogP) is 6.15. The van der Waals surface area contributed by atoms with Crippen LogP contribution < -0.4 is 15.0 Å². The smallest absolute Gasteiger partial charge is 0.408 e. The molecule has 2 aromatic heterocycles. The van der Waals surface area contributed by atoms with Crippen LogP contribution in [-0.2, 0) is 10.3 Å². The van der Waals surface area contributed by atoms with Crippen molar-refractivity contribution in [2.45, 2.75) is 51.2 Å². The predicted molar refractivity (Wildman–Crippen MR) is 181 cm³/mol. The number of furan rings is 1. The van der Waals surface area contributed by atoms with Gasteiger partial charge in [-0.05, 0) is 65.3 Å². The summed E-state index contributed by atoms with van der Waals surface area (Å²) in [6.07, 6.45) is 2.39. The van der Waals surface area contributed by atoms with Gasteiger partial charge in [0.2, 0.25) is 17.5 Å². The Balaban J connectivity index is 1.34. The molecule has 0 bridgehead atoms. The molecule has 1 saturated heterocycles. The Morgan fingerprint density at radius 2 is 1.67 bits per heavy atom. The van der Waals surface area contributed by atoms with Gasteiger partial charge in [0.05, 0.1) is 12.6 Å².